The molecule has 1 heterocycles. The maximum Gasteiger partial charge on any atom is 0.0481 e. The number of halogens is 2. The van der Waals surface area contributed by atoms with Gasteiger partial charge in [0.25, 0.3) is 0 Å². The van der Waals surface area contributed by atoms with Crippen LogP contribution >= 0.6 is 24.8 Å². The van der Waals surface area contributed by atoms with Crippen LogP contribution in [-0.4, -0.2) is 36.7 Å². The van der Waals surface area contributed by atoms with Crippen molar-refractivity contribution in [1.82, 2.24) is 10.2 Å². The second kappa shape index (κ2) is 11.5. The lowest BCUT2D eigenvalue weighted by Gasteiger charge is -2.11. The number of rotatable bonds is 3. The van der Waals surface area contributed by atoms with Crippen LogP contribution in [0, 0.1) is 0 Å². The number of hydrogen-bond acceptors (Lipinski definition) is 2. The first-order valence-electron chi connectivity index (χ1n) is 3.86. The minimum atomic E-state index is 0. The number of nitrogens with zero attached hydrogens (tertiary/aromatic N) is 1. The summed E-state index contributed by atoms with van der Waals surface area (Å²) in [5.41, 5.74) is 0. The number of hydrogen-bond donors (Lipinski definition) is 1. The Hall–Kier alpha value is 0.460. The predicted octanol–water partition coefficient (Wildman–Crippen LogP) is 0.668. The Balaban J connectivity index is -0.000000270. The van der Waals surface area contributed by atoms with Crippen LogP contribution in [0.4, 0.5) is 0 Å². The van der Waals surface area contributed by atoms with E-state index in [4.69, 9.17) is 0 Å². The summed E-state index contributed by atoms with van der Waals surface area (Å²) in [6, 6.07) is 0. The largest absolute Gasteiger partial charge is 0.412 e. The number of nitrogens with one attached hydrogen (secondary N) is 1. The Morgan fingerprint density at radius 1 is 1.33 bits per heavy atom. The summed E-state index contributed by atoms with van der Waals surface area (Å²) >= 11 is 0. The quantitative estimate of drug-likeness (QED) is 0.758. The smallest absolute Gasteiger partial charge is 0.0481 e. The fourth-order valence-corrected chi connectivity index (χ4v) is 1.13. The molecular weight excluding hydrogens is 199 g/mol. The summed E-state index contributed by atoms with van der Waals surface area (Å²) in [7, 11) is 0. The summed E-state index contributed by atoms with van der Waals surface area (Å²) in [4.78, 5) is 2.46. The molecule has 0 amide bonds. The zero-order valence-corrected chi connectivity index (χ0v) is 9.14. The topological polar surface area (TPSA) is 46.8 Å². The highest BCUT2D eigenvalue weighted by Crippen LogP contribution is 1.95. The molecule has 12 heavy (non-hydrogen) atoms. The summed E-state index contributed by atoms with van der Waals surface area (Å²) < 4.78 is 0. The lowest BCUT2D eigenvalue weighted by atomic mass is 10.3. The fourth-order valence-electron chi connectivity index (χ4n) is 1.13. The Labute approximate surface area is 87.0 Å². The first kappa shape index (κ1) is 18.3. The van der Waals surface area contributed by atoms with E-state index >= 15 is 0 Å². The third-order valence-electron chi connectivity index (χ3n) is 1.77. The molecule has 1 saturated heterocycles. The second-order valence-corrected chi connectivity index (χ2v) is 2.63. The molecule has 78 valence electrons. The van der Waals surface area contributed by atoms with Gasteiger partial charge in [0.05, 0.1) is 0 Å². The Morgan fingerprint density at radius 3 is 2.42 bits per heavy atom. The molecule has 0 aromatic rings. The molecule has 0 saturated carbocycles. The lowest BCUT2D eigenvalue weighted by Crippen LogP contribution is -2.22. The van der Waals surface area contributed by atoms with Crippen molar-refractivity contribution in [1.29, 1.82) is 0 Å². The van der Waals surface area contributed by atoms with Crippen molar-refractivity contribution in [2.45, 2.75) is 19.8 Å². The molecule has 5 heteroatoms. The Bertz CT molecular complexity index is 79.8. The molecule has 0 aromatic heterocycles. The molecular formula is C7H20Cl2N2O. The molecule has 3 N–H and O–H groups in total. The number of unbranched alkanes of at least 4 members (excludes halogenated alkanes) is 1. The van der Waals surface area contributed by atoms with Gasteiger partial charge in [-0.15, -0.1) is 24.8 Å². The average molecular weight is 219 g/mol. The van der Waals surface area contributed by atoms with E-state index in [2.05, 4.69) is 17.1 Å². The van der Waals surface area contributed by atoms with Gasteiger partial charge in [-0.05, 0) is 13.0 Å². The van der Waals surface area contributed by atoms with Crippen molar-refractivity contribution in [2.24, 2.45) is 0 Å². The molecule has 0 atom stereocenters. The first-order valence-corrected chi connectivity index (χ1v) is 3.86. The van der Waals surface area contributed by atoms with Crippen molar-refractivity contribution < 1.29 is 5.48 Å². The van der Waals surface area contributed by atoms with Crippen molar-refractivity contribution in [2.75, 3.05) is 26.3 Å². The van der Waals surface area contributed by atoms with E-state index in [1.807, 2.05) is 0 Å². The van der Waals surface area contributed by atoms with Crippen LogP contribution < -0.4 is 5.32 Å². The van der Waals surface area contributed by atoms with Gasteiger partial charge >= 0.3 is 0 Å². The molecule has 0 unspecified atom stereocenters. The van der Waals surface area contributed by atoms with Gasteiger partial charge < -0.3 is 10.8 Å². The van der Waals surface area contributed by atoms with Crippen molar-refractivity contribution >= 4 is 24.8 Å². The normalized spacial score (nSPS) is 15.8. The zero-order valence-electron chi connectivity index (χ0n) is 7.51. The molecule has 0 bridgehead atoms. The second-order valence-electron chi connectivity index (χ2n) is 2.63. The minimum Gasteiger partial charge on any atom is -0.412 e. The molecule has 0 spiro atoms. The van der Waals surface area contributed by atoms with Crippen LogP contribution in [0.2, 0.25) is 0 Å². The van der Waals surface area contributed by atoms with Gasteiger partial charge in [0.2, 0.25) is 0 Å². The van der Waals surface area contributed by atoms with Crippen LogP contribution in [0.25, 0.3) is 0 Å². The molecule has 3 nitrogen and oxygen atoms in total. The van der Waals surface area contributed by atoms with E-state index in [0.717, 1.165) is 6.67 Å². The third-order valence-corrected chi connectivity index (χ3v) is 1.77. The summed E-state index contributed by atoms with van der Waals surface area (Å²) in [5, 5.41) is 3.31. The molecule has 1 rings (SSSR count). The van der Waals surface area contributed by atoms with Crippen molar-refractivity contribution in [3.8, 4) is 0 Å². The van der Waals surface area contributed by atoms with Gasteiger partial charge in [0, 0.05) is 19.8 Å². The summed E-state index contributed by atoms with van der Waals surface area (Å²) in [6.45, 7) is 7.07. The first-order chi connectivity index (χ1) is 4.43. The predicted molar refractivity (Wildman–Crippen MR) is 57.5 cm³/mol. The Kier molecular flexibility index (Phi) is 17.5. The van der Waals surface area contributed by atoms with E-state index < -0.39 is 0 Å². The Morgan fingerprint density at radius 2 is 2.00 bits per heavy atom. The maximum atomic E-state index is 3.31. The molecule has 1 aliphatic heterocycles. The molecule has 0 aromatic carbocycles. The summed E-state index contributed by atoms with van der Waals surface area (Å²) in [5.74, 6) is 0. The lowest BCUT2D eigenvalue weighted by molar-refractivity contribution is 0.329. The van der Waals surface area contributed by atoms with Gasteiger partial charge in [0.1, 0.15) is 0 Å². The monoisotopic (exact) mass is 218 g/mol. The standard InChI is InChI=1S/C7H16N2.2ClH.H2O/c1-2-3-5-9-6-4-8-7-9;;;/h8H,2-7H2,1H3;2*1H;1H2. The molecule has 1 aliphatic rings. The highest BCUT2D eigenvalue weighted by Gasteiger charge is 2.07. The van der Waals surface area contributed by atoms with E-state index in [0.29, 0.717) is 0 Å². The highest BCUT2D eigenvalue weighted by atomic mass is 35.5. The van der Waals surface area contributed by atoms with Crippen LogP contribution in [-0.2, 0) is 0 Å². The maximum absolute atomic E-state index is 3.31. The van der Waals surface area contributed by atoms with Gasteiger partial charge in [0.15, 0.2) is 0 Å². The summed E-state index contributed by atoms with van der Waals surface area (Å²) in [6.07, 6.45) is 2.66. The van der Waals surface area contributed by atoms with Gasteiger partial charge in [-0.3, -0.25) is 4.90 Å². The fraction of sp³-hybridized carbons (Fsp3) is 1.00. The molecule has 0 aliphatic carbocycles. The highest BCUT2D eigenvalue weighted by molar-refractivity contribution is 5.85. The van der Waals surface area contributed by atoms with Gasteiger partial charge in [-0.25, -0.2) is 0 Å². The van der Waals surface area contributed by atoms with Crippen molar-refractivity contribution in [3.63, 3.8) is 0 Å². The third kappa shape index (κ3) is 7.13. The van der Waals surface area contributed by atoms with Crippen molar-refractivity contribution in [3.05, 3.63) is 0 Å². The SMILES string of the molecule is CCCCN1CCNC1.Cl.Cl.O. The van der Waals surface area contributed by atoms with Crippen LogP contribution in [0.1, 0.15) is 19.8 Å². The van der Waals surface area contributed by atoms with Gasteiger partial charge in [-0.2, -0.15) is 0 Å². The van der Waals surface area contributed by atoms with E-state index in [1.165, 1.54) is 32.5 Å². The van der Waals surface area contributed by atoms with Crippen LogP contribution in [0.5, 0.6) is 0 Å². The zero-order chi connectivity index (χ0) is 6.53. The van der Waals surface area contributed by atoms with Crippen LogP contribution in [0.3, 0.4) is 0 Å². The molecule has 1 fully saturated rings. The van der Waals surface area contributed by atoms with Gasteiger partial charge in [-0.1, -0.05) is 13.3 Å². The average Bonchev–Trinajstić information content (AvgIpc) is 2.34. The van der Waals surface area contributed by atoms with Crippen LogP contribution in [0.15, 0.2) is 0 Å². The van der Waals surface area contributed by atoms with E-state index in [1.54, 1.807) is 0 Å². The molecule has 0 radical (unpaired) electrons. The minimum absolute atomic E-state index is 0. The van der Waals surface area contributed by atoms with E-state index in [9.17, 15) is 0 Å². The van der Waals surface area contributed by atoms with E-state index in [-0.39, 0.29) is 30.3 Å².